The first-order valence-corrected chi connectivity index (χ1v) is 8.19. The molecule has 1 aromatic heterocycles. The van der Waals surface area contributed by atoms with E-state index in [0.717, 1.165) is 10.7 Å². The lowest BCUT2D eigenvalue weighted by atomic mass is 10.1. The molecule has 8 heteroatoms. The maximum atomic E-state index is 13.1. The highest BCUT2D eigenvalue weighted by molar-refractivity contribution is 5.99. The van der Waals surface area contributed by atoms with Crippen LogP contribution in [-0.2, 0) is 9.53 Å². The van der Waals surface area contributed by atoms with Crippen LogP contribution < -0.4 is 10.9 Å². The maximum Gasteiger partial charge on any atom is 0.360 e. The quantitative estimate of drug-likeness (QED) is 0.799. The van der Waals surface area contributed by atoms with Crippen molar-refractivity contribution in [2.75, 3.05) is 11.9 Å². The van der Waals surface area contributed by atoms with Gasteiger partial charge in [0.1, 0.15) is 5.82 Å². The molecule has 138 valence electrons. The molecule has 1 amide bonds. The fourth-order valence-electron chi connectivity index (χ4n) is 2.24. The second-order valence-corrected chi connectivity index (χ2v) is 6.00. The highest BCUT2D eigenvalue weighted by Gasteiger charge is 2.20. The van der Waals surface area contributed by atoms with E-state index < -0.39 is 17.3 Å². The number of esters is 1. The molecule has 0 bridgehead atoms. The molecule has 2 rings (SSSR count). The van der Waals surface area contributed by atoms with Crippen molar-refractivity contribution in [3.8, 4) is 5.69 Å². The molecule has 0 saturated carbocycles. The van der Waals surface area contributed by atoms with Crippen molar-refractivity contribution >= 4 is 17.6 Å². The molecule has 0 atom stereocenters. The first kappa shape index (κ1) is 19.3. The van der Waals surface area contributed by atoms with E-state index in [9.17, 15) is 18.8 Å². The predicted octanol–water partition coefficient (Wildman–Crippen LogP) is 2.53. The number of hydrogen-bond donors (Lipinski definition) is 1. The van der Waals surface area contributed by atoms with Crippen LogP contribution in [0.15, 0.2) is 35.1 Å². The summed E-state index contributed by atoms with van der Waals surface area (Å²) >= 11 is 0. The van der Waals surface area contributed by atoms with E-state index in [-0.39, 0.29) is 41.9 Å². The van der Waals surface area contributed by atoms with Gasteiger partial charge in [-0.1, -0.05) is 13.8 Å². The van der Waals surface area contributed by atoms with Crippen molar-refractivity contribution in [2.45, 2.75) is 27.2 Å². The van der Waals surface area contributed by atoms with E-state index in [2.05, 4.69) is 10.4 Å². The molecule has 1 N–H and O–H groups in total. The van der Waals surface area contributed by atoms with E-state index >= 15 is 0 Å². The number of anilines is 1. The number of nitrogens with zero attached hydrogens (tertiary/aromatic N) is 2. The molecule has 1 aromatic carbocycles. The number of rotatable bonds is 6. The van der Waals surface area contributed by atoms with Crippen molar-refractivity contribution in [1.29, 1.82) is 0 Å². The Morgan fingerprint density at radius 3 is 2.50 bits per heavy atom. The van der Waals surface area contributed by atoms with Crippen molar-refractivity contribution in [2.24, 2.45) is 5.92 Å². The van der Waals surface area contributed by atoms with Crippen molar-refractivity contribution in [3.63, 3.8) is 0 Å². The van der Waals surface area contributed by atoms with Gasteiger partial charge in [-0.3, -0.25) is 9.59 Å². The van der Waals surface area contributed by atoms with Crippen LogP contribution in [-0.4, -0.2) is 28.3 Å². The Kier molecular flexibility index (Phi) is 6.21. The lowest BCUT2D eigenvalue weighted by Gasteiger charge is -2.13. The van der Waals surface area contributed by atoms with Crippen LogP contribution in [0.5, 0.6) is 0 Å². The minimum absolute atomic E-state index is 0.0162. The van der Waals surface area contributed by atoms with Gasteiger partial charge in [-0.05, 0) is 37.1 Å². The SMILES string of the molecule is CCOC(=O)c1nn(-c2ccc(F)cc2)c(=O)cc1NC(=O)CC(C)C. The van der Waals surface area contributed by atoms with Gasteiger partial charge in [0.2, 0.25) is 5.91 Å². The first-order chi connectivity index (χ1) is 12.3. The fourth-order valence-corrected chi connectivity index (χ4v) is 2.24. The number of carbonyl (C=O) groups is 2. The van der Waals surface area contributed by atoms with Crippen molar-refractivity contribution in [1.82, 2.24) is 9.78 Å². The zero-order chi connectivity index (χ0) is 19.3. The van der Waals surface area contributed by atoms with Gasteiger partial charge in [0, 0.05) is 12.5 Å². The maximum absolute atomic E-state index is 13.1. The van der Waals surface area contributed by atoms with E-state index in [1.807, 2.05) is 13.8 Å². The minimum Gasteiger partial charge on any atom is -0.461 e. The molecule has 1 heterocycles. The summed E-state index contributed by atoms with van der Waals surface area (Å²) in [6, 6.07) is 6.16. The topological polar surface area (TPSA) is 90.3 Å². The molecule has 0 unspecified atom stereocenters. The zero-order valence-corrected chi connectivity index (χ0v) is 14.8. The standard InChI is InChI=1S/C18H20FN3O4/c1-4-26-18(25)17-14(20-15(23)9-11(2)3)10-16(24)22(21-17)13-7-5-12(19)6-8-13/h5-8,10-11H,4,9H2,1-3H3,(H,20,23). The molecule has 0 fully saturated rings. The normalized spacial score (nSPS) is 10.7. The second kappa shape index (κ2) is 8.37. The van der Waals surface area contributed by atoms with Gasteiger partial charge in [-0.15, -0.1) is 0 Å². The molecule has 0 aliphatic carbocycles. The first-order valence-electron chi connectivity index (χ1n) is 8.19. The number of nitrogens with one attached hydrogen (secondary N) is 1. The number of benzene rings is 1. The lowest BCUT2D eigenvalue weighted by Crippen LogP contribution is -2.27. The second-order valence-electron chi connectivity index (χ2n) is 6.00. The molecule has 0 spiro atoms. The van der Waals surface area contributed by atoms with Crippen LogP contribution in [0.25, 0.3) is 5.69 Å². The van der Waals surface area contributed by atoms with Crippen LogP contribution >= 0.6 is 0 Å². The Morgan fingerprint density at radius 1 is 1.27 bits per heavy atom. The molecular formula is C18H20FN3O4. The van der Waals surface area contributed by atoms with Gasteiger partial charge in [-0.25, -0.2) is 9.18 Å². The van der Waals surface area contributed by atoms with Crippen LogP contribution in [0.3, 0.4) is 0 Å². The summed E-state index contributed by atoms with van der Waals surface area (Å²) in [5.74, 6) is -1.48. The molecule has 0 saturated heterocycles. The monoisotopic (exact) mass is 361 g/mol. The summed E-state index contributed by atoms with van der Waals surface area (Å²) < 4.78 is 19.0. The summed E-state index contributed by atoms with van der Waals surface area (Å²) in [6.45, 7) is 5.48. The molecule has 2 aromatic rings. The number of ether oxygens (including phenoxy) is 1. The number of halogens is 1. The molecule has 7 nitrogen and oxygen atoms in total. The van der Waals surface area contributed by atoms with Crippen LogP contribution in [0.1, 0.15) is 37.7 Å². The summed E-state index contributed by atoms with van der Waals surface area (Å²) in [5.41, 5.74) is -0.517. The van der Waals surface area contributed by atoms with Crippen molar-refractivity contribution in [3.05, 3.63) is 52.2 Å². The van der Waals surface area contributed by atoms with Crippen LogP contribution in [0.4, 0.5) is 10.1 Å². The summed E-state index contributed by atoms with van der Waals surface area (Å²) in [4.78, 5) is 36.6. The summed E-state index contributed by atoms with van der Waals surface area (Å²) in [5, 5.41) is 6.55. The Hall–Kier alpha value is -3.03. The molecule has 0 radical (unpaired) electrons. The smallest absolute Gasteiger partial charge is 0.360 e. The molecular weight excluding hydrogens is 341 g/mol. The Morgan fingerprint density at radius 2 is 1.92 bits per heavy atom. The van der Waals surface area contributed by atoms with Gasteiger partial charge in [0.25, 0.3) is 5.56 Å². The number of aromatic nitrogens is 2. The number of carbonyl (C=O) groups excluding carboxylic acids is 2. The average Bonchev–Trinajstić information content (AvgIpc) is 2.55. The van der Waals surface area contributed by atoms with Gasteiger partial charge in [0.15, 0.2) is 5.69 Å². The van der Waals surface area contributed by atoms with Crippen LogP contribution in [0.2, 0.25) is 0 Å². The third kappa shape index (κ3) is 4.75. The summed E-state index contributed by atoms with van der Waals surface area (Å²) in [6.07, 6.45) is 0.226. The van der Waals surface area contributed by atoms with Gasteiger partial charge >= 0.3 is 5.97 Å². The van der Waals surface area contributed by atoms with E-state index in [1.165, 1.54) is 24.3 Å². The highest BCUT2D eigenvalue weighted by atomic mass is 19.1. The third-order valence-corrected chi connectivity index (χ3v) is 3.34. The Labute approximate surface area is 149 Å². The zero-order valence-electron chi connectivity index (χ0n) is 14.8. The van der Waals surface area contributed by atoms with Crippen molar-refractivity contribution < 1.29 is 18.7 Å². The van der Waals surface area contributed by atoms with E-state index in [0.29, 0.717) is 0 Å². The highest BCUT2D eigenvalue weighted by Crippen LogP contribution is 2.15. The number of hydrogen-bond acceptors (Lipinski definition) is 5. The minimum atomic E-state index is -0.775. The Bertz CT molecular complexity index is 860. The van der Waals surface area contributed by atoms with E-state index in [1.54, 1.807) is 6.92 Å². The third-order valence-electron chi connectivity index (χ3n) is 3.34. The summed E-state index contributed by atoms with van der Waals surface area (Å²) in [7, 11) is 0. The number of amides is 1. The average molecular weight is 361 g/mol. The van der Waals surface area contributed by atoms with Gasteiger partial charge in [-0.2, -0.15) is 9.78 Å². The van der Waals surface area contributed by atoms with Gasteiger partial charge < -0.3 is 10.1 Å². The fraction of sp³-hybridized carbons (Fsp3) is 0.333. The molecule has 0 aliphatic heterocycles. The lowest BCUT2D eigenvalue weighted by molar-refractivity contribution is -0.116. The van der Waals surface area contributed by atoms with Gasteiger partial charge in [0.05, 0.1) is 18.0 Å². The predicted molar refractivity (Wildman–Crippen MR) is 93.8 cm³/mol. The van der Waals surface area contributed by atoms with E-state index in [4.69, 9.17) is 4.74 Å². The van der Waals surface area contributed by atoms with Crippen LogP contribution in [0, 0.1) is 11.7 Å². The molecule has 26 heavy (non-hydrogen) atoms. The Balaban J connectivity index is 2.49. The molecule has 0 aliphatic rings. The largest absolute Gasteiger partial charge is 0.461 e.